The minimum atomic E-state index is -2.01. The number of carbonyl (C=O) groups is 2. The molecule has 0 aliphatic carbocycles. The second-order valence-electron chi connectivity index (χ2n) is 5.95. The highest BCUT2D eigenvalue weighted by Gasteiger charge is 2.46. The summed E-state index contributed by atoms with van der Waals surface area (Å²) in [5.41, 5.74) is -1.85. The van der Waals surface area contributed by atoms with E-state index in [4.69, 9.17) is 4.42 Å². The minimum Gasteiger partial charge on any atom is -0.422 e. The fraction of sp³-hybridized carbons (Fsp3) is 0.105. The fourth-order valence-electron chi connectivity index (χ4n) is 3.06. The van der Waals surface area contributed by atoms with Gasteiger partial charge in [-0.25, -0.2) is 4.79 Å². The maximum absolute atomic E-state index is 12.6. The van der Waals surface area contributed by atoms with Gasteiger partial charge < -0.3 is 14.8 Å². The molecule has 0 fully saturated rings. The molecule has 0 saturated carbocycles. The number of aliphatic hydroxyl groups is 1. The molecule has 4 rings (SSSR count). The van der Waals surface area contributed by atoms with Crippen molar-refractivity contribution < 1.29 is 19.1 Å². The highest BCUT2D eigenvalue weighted by molar-refractivity contribution is 6.09. The SMILES string of the molecule is O=C(C[C@@]1(O)C(=O)Nc2ccccc21)c1cc2ccccc2oc1=O. The van der Waals surface area contributed by atoms with Crippen LogP contribution in [0.4, 0.5) is 5.69 Å². The molecule has 1 aliphatic heterocycles. The van der Waals surface area contributed by atoms with Gasteiger partial charge in [0.25, 0.3) is 5.91 Å². The monoisotopic (exact) mass is 335 g/mol. The predicted molar refractivity (Wildman–Crippen MR) is 90.4 cm³/mol. The van der Waals surface area contributed by atoms with E-state index in [1.807, 2.05) is 0 Å². The molecule has 124 valence electrons. The third kappa shape index (κ3) is 2.35. The number of carbonyl (C=O) groups excluding carboxylic acids is 2. The van der Waals surface area contributed by atoms with Crippen molar-refractivity contribution in [2.24, 2.45) is 0 Å². The van der Waals surface area contributed by atoms with Gasteiger partial charge in [0, 0.05) is 16.6 Å². The van der Waals surface area contributed by atoms with Gasteiger partial charge in [-0.05, 0) is 18.2 Å². The highest BCUT2D eigenvalue weighted by Crippen LogP contribution is 2.38. The molecule has 0 unspecified atom stereocenters. The Morgan fingerprint density at radius 1 is 1.08 bits per heavy atom. The zero-order valence-corrected chi connectivity index (χ0v) is 13.0. The Morgan fingerprint density at radius 2 is 1.80 bits per heavy atom. The summed E-state index contributed by atoms with van der Waals surface area (Å²) in [5.74, 6) is -1.35. The summed E-state index contributed by atoms with van der Waals surface area (Å²) >= 11 is 0. The fourth-order valence-corrected chi connectivity index (χ4v) is 3.06. The number of para-hydroxylation sites is 2. The number of Topliss-reactive ketones (excluding diaryl/α,β-unsaturated/α-hetero) is 1. The lowest BCUT2D eigenvalue weighted by Gasteiger charge is -2.19. The van der Waals surface area contributed by atoms with Crippen molar-refractivity contribution in [3.05, 3.63) is 76.1 Å². The summed E-state index contributed by atoms with van der Waals surface area (Å²) in [6.45, 7) is 0. The molecular weight excluding hydrogens is 322 g/mol. The highest BCUT2D eigenvalue weighted by atomic mass is 16.4. The van der Waals surface area contributed by atoms with Crippen LogP contribution >= 0.6 is 0 Å². The number of hydrogen-bond donors (Lipinski definition) is 2. The van der Waals surface area contributed by atoms with Crippen molar-refractivity contribution in [1.29, 1.82) is 0 Å². The van der Waals surface area contributed by atoms with E-state index in [0.717, 1.165) is 0 Å². The quantitative estimate of drug-likeness (QED) is 0.565. The summed E-state index contributed by atoms with van der Waals surface area (Å²) in [6, 6.07) is 14.8. The van der Waals surface area contributed by atoms with Crippen LogP contribution < -0.4 is 10.9 Å². The van der Waals surface area contributed by atoms with Gasteiger partial charge in [0.15, 0.2) is 11.4 Å². The zero-order chi connectivity index (χ0) is 17.6. The first kappa shape index (κ1) is 15.3. The summed E-state index contributed by atoms with van der Waals surface area (Å²) in [6.07, 6.45) is -0.543. The zero-order valence-electron chi connectivity index (χ0n) is 13.0. The van der Waals surface area contributed by atoms with Crippen molar-refractivity contribution in [2.75, 3.05) is 5.32 Å². The average molecular weight is 335 g/mol. The molecule has 6 heteroatoms. The Kier molecular flexibility index (Phi) is 3.30. The van der Waals surface area contributed by atoms with Crippen LogP contribution in [0.15, 0.2) is 63.8 Å². The van der Waals surface area contributed by atoms with Gasteiger partial charge in [-0.15, -0.1) is 0 Å². The number of benzene rings is 2. The number of ketones is 1. The minimum absolute atomic E-state index is 0.190. The normalized spacial score (nSPS) is 18.8. The van der Waals surface area contributed by atoms with Crippen LogP contribution in [-0.4, -0.2) is 16.8 Å². The van der Waals surface area contributed by atoms with E-state index in [-0.39, 0.29) is 5.56 Å². The number of nitrogens with one attached hydrogen (secondary N) is 1. The number of fused-ring (bicyclic) bond motifs is 2. The van der Waals surface area contributed by atoms with E-state index in [2.05, 4.69) is 5.32 Å². The lowest BCUT2D eigenvalue weighted by atomic mass is 9.88. The van der Waals surface area contributed by atoms with Crippen molar-refractivity contribution in [2.45, 2.75) is 12.0 Å². The molecule has 2 N–H and O–H groups in total. The lowest BCUT2D eigenvalue weighted by Crippen LogP contribution is -2.37. The molecule has 3 aromatic rings. The van der Waals surface area contributed by atoms with E-state index in [9.17, 15) is 19.5 Å². The number of anilines is 1. The third-order valence-corrected chi connectivity index (χ3v) is 4.35. The lowest BCUT2D eigenvalue weighted by molar-refractivity contribution is -0.133. The topological polar surface area (TPSA) is 96.6 Å². The molecule has 25 heavy (non-hydrogen) atoms. The second kappa shape index (κ2) is 5.39. The molecule has 1 atom stereocenters. The Labute approximate surface area is 141 Å². The van der Waals surface area contributed by atoms with E-state index < -0.39 is 29.3 Å². The molecule has 1 amide bonds. The Morgan fingerprint density at radius 3 is 2.64 bits per heavy atom. The molecule has 0 saturated heterocycles. The van der Waals surface area contributed by atoms with Crippen molar-refractivity contribution in [1.82, 2.24) is 0 Å². The Hall–Kier alpha value is -3.25. The van der Waals surface area contributed by atoms with Crippen molar-refractivity contribution >= 4 is 28.3 Å². The molecule has 0 spiro atoms. The summed E-state index contributed by atoms with van der Waals surface area (Å²) in [4.78, 5) is 36.9. The van der Waals surface area contributed by atoms with Gasteiger partial charge in [0.1, 0.15) is 11.1 Å². The number of hydrogen-bond acceptors (Lipinski definition) is 5. The van der Waals surface area contributed by atoms with Crippen molar-refractivity contribution in [3.63, 3.8) is 0 Å². The molecule has 6 nitrogen and oxygen atoms in total. The summed E-state index contributed by atoms with van der Waals surface area (Å²) in [5, 5.41) is 13.9. The largest absolute Gasteiger partial charge is 0.422 e. The first-order chi connectivity index (χ1) is 12.0. The van der Waals surface area contributed by atoms with Gasteiger partial charge in [0.05, 0.1) is 6.42 Å². The van der Waals surface area contributed by atoms with Gasteiger partial charge in [-0.3, -0.25) is 9.59 Å². The molecule has 2 heterocycles. The molecule has 1 aliphatic rings. The van der Waals surface area contributed by atoms with Crippen LogP contribution in [0.25, 0.3) is 11.0 Å². The van der Waals surface area contributed by atoms with Crippen LogP contribution in [-0.2, 0) is 10.4 Å². The Balaban J connectivity index is 1.74. The molecule has 0 bridgehead atoms. The van der Waals surface area contributed by atoms with Crippen LogP contribution in [0, 0.1) is 0 Å². The smallest absolute Gasteiger partial charge is 0.347 e. The standard InChI is InChI=1S/C19H13NO5/c21-15(12-9-11-5-1-4-8-16(11)25-17(12)22)10-19(24)13-6-2-3-7-14(13)20-18(19)23/h1-9,24H,10H2,(H,20,23)/t19-/m0/s1. The van der Waals surface area contributed by atoms with E-state index >= 15 is 0 Å². The first-order valence-corrected chi connectivity index (χ1v) is 7.68. The maximum Gasteiger partial charge on any atom is 0.347 e. The predicted octanol–water partition coefficient (Wildman–Crippen LogP) is 2.21. The number of amides is 1. The Bertz CT molecular complexity index is 1080. The second-order valence-corrected chi connectivity index (χ2v) is 5.95. The summed E-state index contributed by atoms with van der Waals surface area (Å²) < 4.78 is 5.15. The van der Waals surface area contributed by atoms with Crippen LogP contribution in [0.2, 0.25) is 0 Å². The van der Waals surface area contributed by atoms with Crippen LogP contribution in [0.5, 0.6) is 0 Å². The van der Waals surface area contributed by atoms with Gasteiger partial charge >= 0.3 is 5.63 Å². The third-order valence-electron chi connectivity index (χ3n) is 4.35. The summed E-state index contributed by atoms with van der Waals surface area (Å²) in [7, 11) is 0. The van der Waals surface area contributed by atoms with Crippen LogP contribution in [0.3, 0.4) is 0 Å². The molecule has 1 aromatic heterocycles. The molecular formula is C19H13NO5. The molecule has 2 aromatic carbocycles. The first-order valence-electron chi connectivity index (χ1n) is 7.68. The van der Waals surface area contributed by atoms with E-state index in [1.54, 1.807) is 48.5 Å². The van der Waals surface area contributed by atoms with Gasteiger partial charge in [0.2, 0.25) is 0 Å². The average Bonchev–Trinajstić information content (AvgIpc) is 2.85. The van der Waals surface area contributed by atoms with E-state index in [0.29, 0.717) is 22.2 Å². The maximum atomic E-state index is 12.6. The van der Waals surface area contributed by atoms with Gasteiger partial charge in [-0.2, -0.15) is 0 Å². The van der Waals surface area contributed by atoms with E-state index in [1.165, 1.54) is 6.07 Å². The molecule has 0 radical (unpaired) electrons. The van der Waals surface area contributed by atoms with Gasteiger partial charge in [-0.1, -0.05) is 36.4 Å². The van der Waals surface area contributed by atoms with Crippen LogP contribution in [0.1, 0.15) is 22.3 Å². The van der Waals surface area contributed by atoms with Crippen molar-refractivity contribution in [3.8, 4) is 0 Å². The number of rotatable bonds is 3.